The molecule has 2 heterocycles. The van der Waals surface area contributed by atoms with Gasteiger partial charge in [-0.2, -0.15) is 0 Å². The van der Waals surface area contributed by atoms with Crippen molar-refractivity contribution in [1.82, 2.24) is 4.98 Å². The summed E-state index contributed by atoms with van der Waals surface area (Å²) in [4.78, 5) is 16.0. The van der Waals surface area contributed by atoms with E-state index in [0.717, 1.165) is 16.5 Å². The Labute approximate surface area is 160 Å². The summed E-state index contributed by atoms with van der Waals surface area (Å²) in [5.41, 5.74) is 3.52. The maximum absolute atomic E-state index is 11.6. The van der Waals surface area contributed by atoms with E-state index in [1.165, 1.54) is 11.6 Å². The molecule has 0 fully saturated rings. The highest BCUT2D eigenvalue weighted by atomic mass is 35.5. The lowest BCUT2D eigenvalue weighted by atomic mass is 10.1. The molecule has 136 valence electrons. The van der Waals surface area contributed by atoms with Gasteiger partial charge in [0.15, 0.2) is 0 Å². The minimum Gasteiger partial charge on any atom is -0.485 e. The van der Waals surface area contributed by atoms with Gasteiger partial charge in [-0.15, -0.1) is 0 Å². The van der Waals surface area contributed by atoms with Crippen LogP contribution in [0, 0.1) is 13.8 Å². The molecule has 4 rings (SSSR count). The standard InChI is InChI=1S/C21H16ClNO4/c1-12-3-5-14(6-4-12)21-23-15(11-26-21)10-25-19-9-18-16(8-17(19)22)13(2)7-20(24)27-18/h3-9,11H,10H2,1-2H3. The zero-order valence-corrected chi connectivity index (χ0v) is 15.5. The van der Waals surface area contributed by atoms with Crippen LogP contribution in [0.1, 0.15) is 16.8 Å². The van der Waals surface area contributed by atoms with Gasteiger partial charge in [-0.25, -0.2) is 9.78 Å². The molecule has 0 aliphatic rings. The second-order valence-electron chi connectivity index (χ2n) is 6.33. The summed E-state index contributed by atoms with van der Waals surface area (Å²) < 4.78 is 16.5. The summed E-state index contributed by atoms with van der Waals surface area (Å²) in [6, 6.07) is 12.7. The predicted molar refractivity (Wildman–Crippen MR) is 103 cm³/mol. The third kappa shape index (κ3) is 3.59. The minimum absolute atomic E-state index is 0.177. The summed E-state index contributed by atoms with van der Waals surface area (Å²) in [6.07, 6.45) is 1.55. The van der Waals surface area contributed by atoms with Crippen molar-refractivity contribution in [2.24, 2.45) is 0 Å². The molecule has 5 nitrogen and oxygen atoms in total. The zero-order valence-electron chi connectivity index (χ0n) is 14.8. The minimum atomic E-state index is -0.410. The van der Waals surface area contributed by atoms with Gasteiger partial charge in [0.2, 0.25) is 5.89 Å². The fourth-order valence-corrected chi connectivity index (χ4v) is 3.00. The lowest BCUT2D eigenvalue weighted by molar-refractivity contribution is 0.301. The van der Waals surface area contributed by atoms with Crippen LogP contribution in [-0.4, -0.2) is 4.98 Å². The third-order valence-electron chi connectivity index (χ3n) is 4.23. The van der Waals surface area contributed by atoms with Crippen molar-refractivity contribution >= 4 is 22.6 Å². The van der Waals surface area contributed by atoms with Crippen LogP contribution in [0.15, 0.2) is 62.4 Å². The molecule has 0 unspecified atom stereocenters. The van der Waals surface area contributed by atoms with E-state index in [4.69, 9.17) is 25.2 Å². The van der Waals surface area contributed by atoms with Crippen molar-refractivity contribution in [3.63, 3.8) is 0 Å². The van der Waals surface area contributed by atoms with Gasteiger partial charge in [0.05, 0.1) is 5.02 Å². The van der Waals surface area contributed by atoms with Crippen LogP contribution in [0.2, 0.25) is 5.02 Å². The van der Waals surface area contributed by atoms with E-state index in [2.05, 4.69) is 4.98 Å². The van der Waals surface area contributed by atoms with Crippen LogP contribution in [0.3, 0.4) is 0 Å². The Morgan fingerprint density at radius 1 is 1.11 bits per heavy atom. The molecule has 2 aromatic heterocycles. The molecule has 0 amide bonds. The van der Waals surface area contributed by atoms with Crippen molar-refractivity contribution in [2.45, 2.75) is 20.5 Å². The Morgan fingerprint density at radius 3 is 2.67 bits per heavy atom. The molecule has 0 bridgehead atoms. The third-order valence-corrected chi connectivity index (χ3v) is 4.53. The van der Waals surface area contributed by atoms with Gasteiger partial charge in [-0.3, -0.25) is 0 Å². The largest absolute Gasteiger partial charge is 0.485 e. The molecule has 0 atom stereocenters. The summed E-state index contributed by atoms with van der Waals surface area (Å²) in [5, 5.41) is 1.21. The van der Waals surface area contributed by atoms with Crippen LogP contribution >= 0.6 is 11.6 Å². The maximum atomic E-state index is 11.6. The first-order valence-corrected chi connectivity index (χ1v) is 8.75. The van der Waals surface area contributed by atoms with E-state index in [1.807, 2.05) is 38.1 Å². The van der Waals surface area contributed by atoms with Crippen molar-refractivity contribution in [1.29, 1.82) is 0 Å². The molecule has 4 aromatic rings. The molecule has 27 heavy (non-hydrogen) atoms. The van der Waals surface area contributed by atoms with Gasteiger partial charge in [0.1, 0.15) is 29.9 Å². The topological polar surface area (TPSA) is 65.5 Å². The summed E-state index contributed by atoms with van der Waals surface area (Å²) >= 11 is 6.31. The molecule has 0 aliphatic carbocycles. The first-order valence-electron chi connectivity index (χ1n) is 8.38. The average Bonchev–Trinajstić information content (AvgIpc) is 3.10. The number of rotatable bonds is 4. The van der Waals surface area contributed by atoms with Gasteiger partial charge < -0.3 is 13.6 Å². The number of fused-ring (bicyclic) bond motifs is 1. The second-order valence-corrected chi connectivity index (χ2v) is 6.73. The number of aromatic nitrogens is 1. The number of hydrogen-bond acceptors (Lipinski definition) is 5. The monoisotopic (exact) mass is 381 g/mol. The smallest absolute Gasteiger partial charge is 0.336 e. The van der Waals surface area contributed by atoms with E-state index < -0.39 is 5.63 Å². The molecule has 0 radical (unpaired) electrons. The highest BCUT2D eigenvalue weighted by Gasteiger charge is 2.11. The number of benzene rings is 2. The number of ether oxygens (including phenoxy) is 1. The number of aryl methyl sites for hydroxylation is 2. The lowest BCUT2D eigenvalue weighted by Crippen LogP contribution is -2.00. The molecule has 0 N–H and O–H groups in total. The number of halogens is 1. The van der Waals surface area contributed by atoms with Gasteiger partial charge in [-0.1, -0.05) is 29.3 Å². The molecule has 0 saturated heterocycles. The molecular formula is C21H16ClNO4. The zero-order chi connectivity index (χ0) is 19.0. The quantitative estimate of drug-likeness (QED) is 0.449. The highest BCUT2D eigenvalue weighted by Crippen LogP contribution is 2.31. The van der Waals surface area contributed by atoms with Crippen molar-refractivity contribution in [3.05, 3.63) is 81.0 Å². The van der Waals surface area contributed by atoms with E-state index in [9.17, 15) is 4.79 Å². The van der Waals surface area contributed by atoms with Crippen LogP contribution in [0.25, 0.3) is 22.4 Å². The highest BCUT2D eigenvalue weighted by molar-refractivity contribution is 6.32. The lowest BCUT2D eigenvalue weighted by Gasteiger charge is -2.08. The van der Waals surface area contributed by atoms with Crippen molar-refractivity contribution in [3.8, 4) is 17.2 Å². The number of nitrogens with zero attached hydrogens (tertiary/aromatic N) is 1. The van der Waals surface area contributed by atoms with Crippen LogP contribution < -0.4 is 10.4 Å². The van der Waals surface area contributed by atoms with Crippen molar-refractivity contribution in [2.75, 3.05) is 0 Å². The van der Waals surface area contributed by atoms with Crippen LogP contribution in [-0.2, 0) is 6.61 Å². The maximum Gasteiger partial charge on any atom is 0.336 e. The van der Waals surface area contributed by atoms with Crippen molar-refractivity contribution < 1.29 is 13.6 Å². The summed E-state index contributed by atoms with van der Waals surface area (Å²) in [6.45, 7) is 4.03. The molecular weight excluding hydrogens is 366 g/mol. The number of oxazole rings is 1. The molecule has 6 heteroatoms. The van der Waals surface area contributed by atoms with Crippen LogP contribution in [0.5, 0.6) is 5.75 Å². The summed E-state index contributed by atoms with van der Waals surface area (Å²) in [5.74, 6) is 0.942. The predicted octanol–water partition coefficient (Wildman–Crippen LogP) is 5.30. The Hall–Kier alpha value is -3.05. The molecule has 0 saturated carbocycles. The van der Waals surface area contributed by atoms with E-state index in [1.54, 1.807) is 18.4 Å². The summed E-state index contributed by atoms with van der Waals surface area (Å²) in [7, 11) is 0. The van der Waals surface area contributed by atoms with E-state index in [-0.39, 0.29) is 6.61 Å². The average molecular weight is 382 g/mol. The molecule has 0 aliphatic heterocycles. The van der Waals surface area contributed by atoms with Gasteiger partial charge >= 0.3 is 5.63 Å². The van der Waals surface area contributed by atoms with Gasteiger partial charge in [0.25, 0.3) is 0 Å². The van der Waals surface area contributed by atoms with Gasteiger partial charge in [-0.05, 0) is 37.6 Å². The molecule has 2 aromatic carbocycles. The normalized spacial score (nSPS) is 11.1. The fraction of sp³-hybridized carbons (Fsp3) is 0.143. The Bertz CT molecular complexity index is 1180. The van der Waals surface area contributed by atoms with Crippen LogP contribution in [0.4, 0.5) is 0 Å². The van der Waals surface area contributed by atoms with E-state index >= 15 is 0 Å². The second kappa shape index (κ2) is 6.93. The first-order chi connectivity index (χ1) is 13.0. The first kappa shape index (κ1) is 17.4. The Kier molecular flexibility index (Phi) is 4.46. The SMILES string of the molecule is Cc1ccc(-c2nc(COc3cc4oc(=O)cc(C)c4cc3Cl)co2)cc1. The molecule has 0 spiro atoms. The Morgan fingerprint density at radius 2 is 1.89 bits per heavy atom. The van der Waals surface area contributed by atoms with E-state index in [0.29, 0.717) is 27.9 Å². The number of hydrogen-bond donors (Lipinski definition) is 0. The Balaban J connectivity index is 1.56. The van der Waals surface area contributed by atoms with Gasteiger partial charge in [0, 0.05) is 23.1 Å². The fourth-order valence-electron chi connectivity index (χ4n) is 2.78.